The van der Waals surface area contributed by atoms with E-state index in [2.05, 4.69) is 132 Å². The topological polar surface area (TPSA) is 52.5 Å². The van der Waals surface area contributed by atoms with Crippen LogP contribution in [0.3, 0.4) is 0 Å². The van der Waals surface area contributed by atoms with Gasteiger partial charge in [0.1, 0.15) is 0 Å². The molecule has 1 aromatic heterocycles. The predicted octanol–water partition coefficient (Wildman–Crippen LogP) is 11.2. The Morgan fingerprint density at radius 1 is 0.340 bits per heavy atom. The van der Waals surface area contributed by atoms with Gasteiger partial charge in [-0.15, -0.1) is 0 Å². The standard InChI is InChI=1S/C44H27N3/c45-28-30-6-10-32(11-7-30)34-14-18-36(19-15-34)38-22-24-43-41(26-38)42-27-39(23-25-44(42)47(43)40-4-2-1-3-5-40)37-20-16-35(17-21-37)33-12-8-31(29-46)9-13-33/h1-27H. The van der Waals surface area contributed by atoms with Crippen LogP contribution in [0.25, 0.3) is 72.0 Å². The van der Waals surface area contributed by atoms with Gasteiger partial charge in [-0.2, -0.15) is 10.5 Å². The monoisotopic (exact) mass is 597 g/mol. The van der Waals surface area contributed by atoms with Gasteiger partial charge in [0.2, 0.25) is 0 Å². The van der Waals surface area contributed by atoms with E-state index in [9.17, 15) is 0 Å². The maximum Gasteiger partial charge on any atom is 0.0991 e. The molecule has 0 amide bonds. The summed E-state index contributed by atoms with van der Waals surface area (Å²) in [7, 11) is 0. The summed E-state index contributed by atoms with van der Waals surface area (Å²) in [6, 6.07) is 61.1. The number of benzene rings is 7. The minimum absolute atomic E-state index is 0.664. The van der Waals surface area contributed by atoms with Crippen molar-refractivity contribution in [1.82, 2.24) is 4.57 Å². The molecule has 0 aliphatic rings. The van der Waals surface area contributed by atoms with Gasteiger partial charge in [0.05, 0.1) is 34.3 Å². The summed E-state index contributed by atoms with van der Waals surface area (Å²) in [5.41, 5.74) is 13.8. The van der Waals surface area contributed by atoms with Gasteiger partial charge in [-0.3, -0.25) is 0 Å². The number of para-hydroxylation sites is 1. The lowest BCUT2D eigenvalue weighted by Gasteiger charge is -2.09. The Bertz CT molecular complexity index is 2310. The van der Waals surface area contributed by atoms with Crippen LogP contribution in [0, 0.1) is 22.7 Å². The van der Waals surface area contributed by atoms with Gasteiger partial charge in [-0.25, -0.2) is 0 Å². The van der Waals surface area contributed by atoms with Crippen molar-refractivity contribution in [3.63, 3.8) is 0 Å². The molecular formula is C44H27N3. The second kappa shape index (κ2) is 11.7. The summed E-state index contributed by atoms with van der Waals surface area (Å²) in [5.74, 6) is 0. The molecule has 47 heavy (non-hydrogen) atoms. The van der Waals surface area contributed by atoms with Crippen molar-refractivity contribution in [1.29, 1.82) is 10.5 Å². The first-order valence-corrected chi connectivity index (χ1v) is 15.5. The van der Waals surface area contributed by atoms with Gasteiger partial charge >= 0.3 is 0 Å². The van der Waals surface area contributed by atoms with Crippen LogP contribution in [0.2, 0.25) is 0 Å². The van der Waals surface area contributed by atoms with Crippen molar-refractivity contribution in [2.45, 2.75) is 0 Å². The van der Waals surface area contributed by atoms with Crippen molar-refractivity contribution in [3.05, 3.63) is 175 Å². The van der Waals surface area contributed by atoms with Gasteiger partial charge in [0, 0.05) is 16.5 Å². The number of hydrogen-bond acceptors (Lipinski definition) is 2. The summed E-state index contributed by atoms with van der Waals surface area (Å²) in [6.45, 7) is 0. The number of hydrogen-bond donors (Lipinski definition) is 0. The SMILES string of the molecule is N#Cc1ccc(-c2ccc(-c3ccc4c(c3)c3cc(-c5ccc(-c6ccc(C#N)cc6)cc5)ccc3n4-c3ccccc3)cc2)cc1. The van der Waals surface area contributed by atoms with Gasteiger partial charge < -0.3 is 4.57 Å². The zero-order chi connectivity index (χ0) is 31.7. The van der Waals surface area contributed by atoms with Crippen molar-refractivity contribution >= 4 is 21.8 Å². The maximum atomic E-state index is 9.15. The molecular weight excluding hydrogens is 571 g/mol. The van der Waals surface area contributed by atoms with Gasteiger partial charge in [0.25, 0.3) is 0 Å². The van der Waals surface area contributed by atoms with Crippen LogP contribution in [0.4, 0.5) is 0 Å². The minimum atomic E-state index is 0.664. The first-order valence-electron chi connectivity index (χ1n) is 15.5. The van der Waals surface area contributed by atoms with E-state index in [0.29, 0.717) is 11.1 Å². The molecule has 1 heterocycles. The fourth-order valence-electron chi connectivity index (χ4n) is 6.42. The molecule has 8 rings (SSSR count). The van der Waals surface area contributed by atoms with Crippen LogP contribution in [-0.4, -0.2) is 4.57 Å². The predicted molar refractivity (Wildman–Crippen MR) is 192 cm³/mol. The van der Waals surface area contributed by atoms with E-state index in [-0.39, 0.29) is 0 Å². The Labute approximate surface area is 273 Å². The fourth-order valence-corrected chi connectivity index (χ4v) is 6.42. The zero-order valence-electron chi connectivity index (χ0n) is 25.4. The quantitative estimate of drug-likeness (QED) is 0.198. The number of nitrogens with zero attached hydrogens (tertiary/aromatic N) is 3. The number of aromatic nitrogens is 1. The lowest BCUT2D eigenvalue weighted by atomic mass is 9.97. The minimum Gasteiger partial charge on any atom is -0.309 e. The highest BCUT2D eigenvalue weighted by Crippen LogP contribution is 2.38. The van der Waals surface area contributed by atoms with Crippen LogP contribution >= 0.6 is 0 Å². The summed E-state index contributed by atoms with van der Waals surface area (Å²) in [5, 5.41) is 20.7. The Hall–Kier alpha value is -6.68. The number of fused-ring (bicyclic) bond motifs is 3. The van der Waals surface area contributed by atoms with Crippen molar-refractivity contribution in [2.75, 3.05) is 0 Å². The highest BCUT2D eigenvalue weighted by molar-refractivity contribution is 6.11. The maximum absolute atomic E-state index is 9.15. The van der Waals surface area contributed by atoms with E-state index < -0.39 is 0 Å². The lowest BCUT2D eigenvalue weighted by Crippen LogP contribution is -1.93. The van der Waals surface area contributed by atoms with Gasteiger partial charge in [0.15, 0.2) is 0 Å². The first kappa shape index (κ1) is 27.8. The molecule has 0 saturated heterocycles. The second-order valence-corrected chi connectivity index (χ2v) is 11.7. The highest BCUT2D eigenvalue weighted by Gasteiger charge is 2.15. The molecule has 0 radical (unpaired) electrons. The molecule has 0 unspecified atom stereocenters. The van der Waals surface area contributed by atoms with Crippen LogP contribution < -0.4 is 0 Å². The molecule has 3 nitrogen and oxygen atoms in total. The Kier molecular flexibility index (Phi) is 6.92. The van der Waals surface area contributed by atoms with Crippen molar-refractivity contribution in [2.24, 2.45) is 0 Å². The van der Waals surface area contributed by atoms with E-state index in [1.54, 1.807) is 0 Å². The van der Waals surface area contributed by atoms with Gasteiger partial charge in [-0.1, -0.05) is 103 Å². The van der Waals surface area contributed by atoms with Crippen LogP contribution in [-0.2, 0) is 0 Å². The second-order valence-electron chi connectivity index (χ2n) is 11.7. The van der Waals surface area contributed by atoms with E-state index in [0.717, 1.165) is 61.2 Å². The summed E-state index contributed by atoms with van der Waals surface area (Å²) in [6.07, 6.45) is 0. The largest absolute Gasteiger partial charge is 0.309 e. The summed E-state index contributed by atoms with van der Waals surface area (Å²) in [4.78, 5) is 0. The number of rotatable bonds is 5. The molecule has 218 valence electrons. The molecule has 0 spiro atoms. The zero-order valence-corrected chi connectivity index (χ0v) is 25.4. The average Bonchev–Trinajstić information content (AvgIpc) is 3.48. The molecule has 0 fully saturated rings. The average molecular weight is 598 g/mol. The molecule has 0 aliphatic heterocycles. The van der Waals surface area contributed by atoms with Crippen LogP contribution in [0.15, 0.2) is 164 Å². The van der Waals surface area contributed by atoms with Crippen molar-refractivity contribution < 1.29 is 0 Å². The van der Waals surface area contributed by atoms with Crippen LogP contribution in [0.5, 0.6) is 0 Å². The smallest absolute Gasteiger partial charge is 0.0991 e. The first-order chi connectivity index (χ1) is 23.2. The van der Waals surface area contributed by atoms with E-state index in [1.165, 1.54) is 10.8 Å². The third kappa shape index (κ3) is 5.13. The molecule has 8 aromatic rings. The summed E-state index contributed by atoms with van der Waals surface area (Å²) < 4.78 is 2.35. The molecule has 0 bridgehead atoms. The third-order valence-electron chi connectivity index (χ3n) is 8.91. The Morgan fingerprint density at radius 3 is 1.02 bits per heavy atom. The van der Waals surface area contributed by atoms with Crippen LogP contribution in [0.1, 0.15) is 11.1 Å². The Morgan fingerprint density at radius 2 is 0.660 bits per heavy atom. The lowest BCUT2D eigenvalue weighted by molar-refractivity contribution is 1.18. The summed E-state index contributed by atoms with van der Waals surface area (Å²) >= 11 is 0. The van der Waals surface area contributed by atoms with Crippen molar-refractivity contribution in [3.8, 4) is 62.3 Å². The molecule has 0 atom stereocenters. The molecule has 3 heteroatoms. The molecule has 0 aliphatic carbocycles. The van der Waals surface area contributed by atoms with E-state index in [1.807, 2.05) is 48.5 Å². The fraction of sp³-hybridized carbons (Fsp3) is 0. The van der Waals surface area contributed by atoms with Gasteiger partial charge in [-0.05, 0) is 105 Å². The Balaban J connectivity index is 1.21. The molecule has 0 N–H and O–H groups in total. The molecule has 0 saturated carbocycles. The third-order valence-corrected chi connectivity index (χ3v) is 8.91. The number of nitriles is 2. The van der Waals surface area contributed by atoms with E-state index >= 15 is 0 Å². The molecule has 7 aromatic carbocycles. The normalized spacial score (nSPS) is 10.9. The van der Waals surface area contributed by atoms with E-state index in [4.69, 9.17) is 10.5 Å². The highest BCUT2D eigenvalue weighted by atomic mass is 15.0.